The Balaban J connectivity index is 2.03. The molecular weight excluding hydrogens is 224 g/mol. The van der Waals surface area contributed by atoms with E-state index in [0.29, 0.717) is 0 Å². The minimum atomic E-state index is 1.05. The van der Waals surface area contributed by atoms with E-state index in [1.54, 1.807) is 0 Å². The third-order valence-corrected chi connectivity index (χ3v) is 3.16. The van der Waals surface area contributed by atoms with Crippen LogP contribution in [0.4, 0.5) is 0 Å². The van der Waals surface area contributed by atoms with Crippen molar-refractivity contribution in [3.8, 4) is 11.3 Å². The molecule has 0 aliphatic rings. The molecule has 0 radical (unpaired) electrons. The van der Waals surface area contributed by atoms with Crippen molar-refractivity contribution in [2.45, 2.75) is 0 Å². The van der Waals surface area contributed by atoms with Gasteiger partial charge in [-0.15, -0.1) is 0 Å². The van der Waals surface area contributed by atoms with Gasteiger partial charge in [-0.3, -0.25) is 5.10 Å². The number of hydrogen-bond donors (Lipinski definition) is 1. The number of benzene rings is 1. The van der Waals surface area contributed by atoms with Gasteiger partial charge in [0.25, 0.3) is 0 Å². The van der Waals surface area contributed by atoms with Crippen LogP contribution in [0.1, 0.15) is 0 Å². The van der Waals surface area contributed by atoms with Gasteiger partial charge in [-0.05, 0) is 30.3 Å². The maximum atomic E-state index is 4.36. The van der Waals surface area contributed by atoms with Crippen molar-refractivity contribution in [3.63, 3.8) is 0 Å². The topological polar surface area (TPSA) is 46.0 Å². The highest BCUT2D eigenvalue weighted by Crippen LogP contribution is 2.23. The number of pyridine rings is 1. The van der Waals surface area contributed by atoms with E-state index in [2.05, 4.69) is 33.5 Å². The molecule has 0 spiro atoms. The monoisotopic (exact) mass is 234 g/mol. The molecule has 0 unspecified atom stereocenters. The number of hydrogen-bond acceptors (Lipinski definition) is 2. The number of aromatic nitrogens is 4. The molecule has 3 aromatic heterocycles. The molecule has 18 heavy (non-hydrogen) atoms. The highest BCUT2D eigenvalue weighted by molar-refractivity contribution is 5.83. The summed E-state index contributed by atoms with van der Waals surface area (Å²) in [7, 11) is 0. The molecule has 86 valence electrons. The van der Waals surface area contributed by atoms with Crippen molar-refractivity contribution in [2.24, 2.45) is 0 Å². The lowest BCUT2D eigenvalue weighted by molar-refractivity contribution is 0.970. The van der Waals surface area contributed by atoms with Crippen LogP contribution < -0.4 is 0 Å². The summed E-state index contributed by atoms with van der Waals surface area (Å²) in [6.07, 6.45) is 3.65. The number of rotatable bonds is 1. The van der Waals surface area contributed by atoms with Crippen LogP contribution in [-0.2, 0) is 0 Å². The Hall–Kier alpha value is -2.62. The van der Waals surface area contributed by atoms with Gasteiger partial charge in [0, 0.05) is 10.9 Å². The highest BCUT2D eigenvalue weighted by Gasteiger charge is 2.05. The van der Waals surface area contributed by atoms with E-state index in [0.717, 1.165) is 27.7 Å². The van der Waals surface area contributed by atoms with Crippen molar-refractivity contribution < 1.29 is 0 Å². The van der Waals surface area contributed by atoms with Gasteiger partial charge in [0.2, 0.25) is 0 Å². The maximum Gasteiger partial charge on any atom is 0.0725 e. The van der Waals surface area contributed by atoms with Gasteiger partial charge >= 0.3 is 0 Å². The minimum Gasteiger partial charge on any atom is -0.278 e. The standard InChI is InChI=1S/C14H10N4/c1-2-12-6-7-16-18(12)14(3-1)10-4-5-13-11(8-10)9-15-17-13/h1-9H,(H,15,17). The minimum absolute atomic E-state index is 1.05. The fraction of sp³-hybridized carbons (Fsp3) is 0. The van der Waals surface area contributed by atoms with Crippen molar-refractivity contribution in [3.05, 3.63) is 54.9 Å². The smallest absolute Gasteiger partial charge is 0.0725 e. The fourth-order valence-corrected chi connectivity index (χ4v) is 2.27. The first kappa shape index (κ1) is 9.41. The first-order valence-electron chi connectivity index (χ1n) is 5.78. The van der Waals surface area contributed by atoms with E-state index in [9.17, 15) is 0 Å². The molecule has 3 heterocycles. The maximum absolute atomic E-state index is 4.36. The predicted molar refractivity (Wildman–Crippen MR) is 70.3 cm³/mol. The summed E-state index contributed by atoms with van der Waals surface area (Å²) in [4.78, 5) is 0. The van der Waals surface area contributed by atoms with Gasteiger partial charge in [-0.2, -0.15) is 10.2 Å². The van der Waals surface area contributed by atoms with Crippen LogP contribution >= 0.6 is 0 Å². The Morgan fingerprint density at radius 2 is 2.06 bits per heavy atom. The quantitative estimate of drug-likeness (QED) is 0.550. The molecule has 0 saturated heterocycles. The first-order chi connectivity index (χ1) is 8.92. The zero-order valence-corrected chi connectivity index (χ0v) is 9.54. The molecule has 4 heteroatoms. The second-order valence-corrected chi connectivity index (χ2v) is 4.25. The largest absolute Gasteiger partial charge is 0.278 e. The van der Waals surface area contributed by atoms with Crippen LogP contribution in [0.25, 0.3) is 27.7 Å². The summed E-state index contributed by atoms with van der Waals surface area (Å²) >= 11 is 0. The molecule has 0 atom stereocenters. The van der Waals surface area contributed by atoms with Crippen molar-refractivity contribution >= 4 is 16.4 Å². The molecule has 0 saturated carbocycles. The predicted octanol–water partition coefficient (Wildman–Crippen LogP) is 2.88. The zero-order chi connectivity index (χ0) is 11.9. The van der Waals surface area contributed by atoms with Crippen LogP contribution in [0, 0.1) is 0 Å². The highest BCUT2D eigenvalue weighted by atomic mass is 15.2. The molecule has 0 fully saturated rings. The van der Waals surface area contributed by atoms with Crippen molar-refractivity contribution in [1.82, 2.24) is 19.8 Å². The van der Waals surface area contributed by atoms with E-state index >= 15 is 0 Å². The molecule has 4 aromatic rings. The second kappa shape index (κ2) is 3.43. The van der Waals surface area contributed by atoms with Gasteiger partial charge in [0.1, 0.15) is 0 Å². The van der Waals surface area contributed by atoms with Gasteiger partial charge < -0.3 is 0 Å². The Morgan fingerprint density at radius 1 is 1.06 bits per heavy atom. The molecule has 0 amide bonds. The number of nitrogens with zero attached hydrogens (tertiary/aromatic N) is 3. The Labute approximate surface area is 103 Å². The zero-order valence-electron chi connectivity index (χ0n) is 9.54. The van der Waals surface area contributed by atoms with Crippen molar-refractivity contribution in [1.29, 1.82) is 0 Å². The van der Waals surface area contributed by atoms with E-state index in [-0.39, 0.29) is 0 Å². The summed E-state index contributed by atoms with van der Waals surface area (Å²) in [5, 5.41) is 12.5. The van der Waals surface area contributed by atoms with Gasteiger partial charge in [0.15, 0.2) is 0 Å². The fourth-order valence-electron chi connectivity index (χ4n) is 2.27. The number of nitrogens with one attached hydrogen (secondary N) is 1. The molecule has 1 N–H and O–H groups in total. The molecule has 0 aliphatic carbocycles. The number of fused-ring (bicyclic) bond motifs is 2. The molecule has 0 aliphatic heterocycles. The van der Waals surface area contributed by atoms with Gasteiger partial charge in [0.05, 0.1) is 29.1 Å². The average molecular weight is 234 g/mol. The summed E-state index contributed by atoms with van der Waals surface area (Å²) in [5.41, 5.74) is 4.37. The third-order valence-electron chi connectivity index (χ3n) is 3.16. The Bertz CT molecular complexity index is 841. The van der Waals surface area contributed by atoms with Crippen LogP contribution in [0.2, 0.25) is 0 Å². The van der Waals surface area contributed by atoms with Gasteiger partial charge in [-0.25, -0.2) is 4.52 Å². The third kappa shape index (κ3) is 1.26. The van der Waals surface area contributed by atoms with Gasteiger partial charge in [-0.1, -0.05) is 12.1 Å². The van der Waals surface area contributed by atoms with E-state index in [4.69, 9.17) is 0 Å². The van der Waals surface area contributed by atoms with Crippen molar-refractivity contribution in [2.75, 3.05) is 0 Å². The first-order valence-corrected chi connectivity index (χ1v) is 5.78. The van der Waals surface area contributed by atoms with Crippen LogP contribution in [-0.4, -0.2) is 19.8 Å². The van der Waals surface area contributed by atoms with Crippen LogP contribution in [0.15, 0.2) is 54.9 Å². The number of aromatic amines is 1. The molecular formula is C14H10N4. The van der Waals surface area contributed by atoms with Crippen LogP contribution in [0.5, 0.6) is 0 Å². The summed E-state index contributed by atoms with van der Waals surface area (Å²) in [6.45, 7) is 0. The summed E-state index contributed by atoms with van der Waals surface area (Å²) in [6, 6.07) is 14.4. The molecule has 0 bridgehead atoms. The molecule has 4 rings (SSSR count). The van der Waals surface area contributed by atoms with Crippen LogP contribution in [0.3, 0.4) is 0 Å². The van der Waals surface area contributed by atoms with E-state index < -0.39 is 0 Å². The number of H-pyrrole nitrogens is 1. The Morgan fingerprint density at radius 3 is 3.06 bits per heavy atom. The lowest BCUT2D eigenvalue weighted by Crippen LogP contribution is -1.92. The second-order valence-electron chi connectivity index (χ2n) is 4.25. The normalized spacial score (nSPS) is 11.3. The lowest BCUT2D eigenvalue weighted by Gasteiger charge is -2.05. The summed E-state index contributed by atoms with van der Waals surface area (Å²) in [5.74, 6) is 0. The lowest BCUT2D eigenvalue weighted by atomic mass is 10.1. The Kier molecular flexibility index (Phi) is 1.80. The van der Waals surface area contributed by atoms with E-state index in [1.165, 1.54) is 0 Å². The van der Waals surface area contributed by atoms with E-state index in [1.807, 2.05) is 41.2 Å². The molecule has 1 aromatic carbocycles. The summed E-state index contributed by atoms with van der Waals surface area (Å²) < 4.78 is 1.95. The SMILES string of the molecule is c1cc(-c2ccc3[nH]ncc3c2)n2nccc2c1. The average Bonchev–Trinajstić information content (AvgIpc) is 3.05. The molecule has 4 nitrogen and oxygen atoms in total.